The molecule has 4 aromatic carbocycles. The molecule has 0 fully saturated rings. The third-order valence-electron chi connectivity index (χ3n) is 4.14. The molecular formula is C21H17NO. The van der Waals surface area contributed by atoms with E-state index in [1.165, 1.54) is 21.5 Å². The summed E-state index contributed by atoms with van der Waals surface area (Å²) in [6.45, 7) is 0. The standard InChI is InChI=1S/C21H17NO/c1-23-20-13-7-6-12-19(20)22-21-17-10-4-2-8-15(17)14-16-9-3-5-11-18(16)21/h2-14,22H,1H3. The first-order valence-electron chi connectivity index (χ1n) is 7.67. The van der Waals surface area contributed by atoms with Crippen LogP contribution >= 0.6 is 0 Å². The molecule has 0 atom stereocenters. The van der Waals surface area contributed by atoms with Gasteiger partial charge in [0.25, 0.3) is 0 Å². The van der Waals surface area contributed by atoms with Gasteiger partial charge in [0, 0.05) is 10.8 Å². The number of fused-ring (bicyclic) bond motifs is 2. The Kier molecular flexibility index (Phi) is 3.35. The Morgan fingerprint density at radius 1 is 0.696 bits per heavy atom. The van der Waals surface area contributed by atoms with Crippen molar-refractivity contribution in [2.24, 2.45) is 0 Å². The van der Waals surface area contributed by atoms with Crippen molar-refractivity contribution in [2.75, 3.05) is 12.4 Å². The zero-order valence-corrected chi connectivity index (χ0v) is 12.9. The monoisotopic (exact) mass is 299 g/mol. The maximum atomic E-state index is 5.48. The SMILES string of the molecule is COc1ccccc1Nc1c2ccccc2cc2ccccc12. The molecule has 0 aliphatic carbocycles. The molecule has 1 N–H and O–H groups in total. The minimum atomic E-state index is 0.838. The molecule has 0 spiro atoms. The minimum absolute atomic E-state index is 0.838. The molecule has 0 aliphatic heterocycles. The quantitative estimate of drug-likeness (QED) is 0.487. The van der Waals surface area contributed by atoms with E-state index in [9.17, 15) is 0 Å². The molecule has 0 bridgehead atoms. The van der Waals surface area contributed by atoms with Crippen molar-refractivity contribution in [3.8, 4) is 5.75 Å². The molecule has 4 aromatic rings. The lowest BCUT2D eigenvalue weighted by molar-refractivity contribution is 0.417. The lowest BCUT2D eigenvalue weighted by atomic mass is 10.0. The van der Waals surface area contributed by atoms with E-state index in [0.717, 1.165) is 17.1 Å². The zero-order chi connectivity index (χ0) is 15.6. The highest BCUT2D eigenvalue weighted by molar-refractivity contribution is 6.12. The fourth-order valence-corrected chi connectivity index (χ4v) is 3.03. The largest absolute Gasteiger partial charge is 0.495 e. The second kappa shape index (κ2) is 5.65. The number of benzene rings is 4. The molecule has 0 saturated heterocycles. The topological polar surface area (TPSA) is 21.3 Å². The first kappa shape index (κ1) is 13.6. The van der Waals surface area contributed by atoms with E-state index in [-0.39, 0.29) is 0 Å². The summed E-state index contributed by atoms with van der Waals surface area (Å²) < 4.78 is 5.48. The van der Waals surface area contributed by atoms with Crippen LogP contribution in [-0.2, 0) is 0 Å². The van der Waals surface area contributed by atoms with Crippen molar-refractivity contribution in [1.29, 1.82) is 0 Å². The van der Waals surface area contributed by atoms with Gasteiger partial charge in [-0.3, -0.25) is 0 Å². The van der Waals surface area contributed by atoms with Gasteiger partial charge in [-0.15, -0.1) is 0 Å². The van der Waals surface area contributed by atoms with Gasteiger partial charge in [0.1, 0.15) is 5.75 Å². The lowest BCUT2D eigenvalue weighted by Gasteiger charge is -2.16. The van der Waals surface area contributed by atoms with Gasteiger partial charge < -0.3 is 10.1 Å². The molecule has 4 rings (SSSR count). The third-order valence-corrected chi connectivity index (χ3v) is 4.14. The van der Waals surface area contributed by atoms with Gasteiger partial charge in [-0.2, -0.15) is 0 Å². The molecule has 0 radical (unpaired) electrons. The smallest absolute Gasteiger partial charge is 0.142 e. The first-order chi connectivity index (χ1) is 11.4. The van der Waals surface area contributed by atoms with Crippen LogP contribution in [-0.4, -0.2) is 7.11 Å². The second-order valence-electron chi connectivity index (χ2n) is 5.52. The zero-order valence-electron chi connectivity index (χ0n) is 12.9. The molecule has 2 nitrogen and oxygen atoms in total. The van der Waals surface area contributed by atoms with E-state index in [0.29, 0.717) is 0 Å². The van der Waals surface area contributed by atoms with Crippen LogP contribution in [0.4, 0.5) is 11.4 Å². The summed E-state index contributed by atoms with van der Waals surface area (Å²) in [7, 11) is 1.70. The molecular weight excluding hydrogens is 282 g/mol. The van der Waals surface area contributed by atoms with E-state index in [1.807, 2.05) is 24.3 Å². The number of hydrogen-bond acceptors (Lipinski definition) is 2. The summed E-state index contributed by atoms with van der Waals surface area (Å²) in [5.74, 6) is 0.838. The Bertz CT molecular complexity index is 937. The van der Waals surface area contributed by atoms with Crippen LogP contribution in [0, 0.1) is 0 Å². The number of rotatable bonds is 3. The summed E-state index contributed by atoms with van der Waals surface area (Å²) in [5, 5.41) is 8.45. The Morgan fingerprint density at radius 3 is 1.91 bits per heavy atom. The van der Waals surface area contributed by atoms with Gasteiger partial charge in [-0.05, 0) is 29.0 Å². The van der Waals surface area contributed by atoms with Gasteiger partial charge >= 0.3 is 0 Å². The van der Waals surface area contributed by atoms with Crippen molar-refractivity contribution >= 4 is 32.9 Å². The third kappa shape index (κ3) is 2.38. The average molecular weight is 299 g/mol. The van der Waals surface area contributed by atoms with Crippen LogP contribution < -0.4 is 10.1 Å². The number of nitrogens with one attached hydrogen (secondary N) is 1. The lowest BCUT2D eigenvalue weighted by Crippen LogP contribution is -1.96. The van der Waals surface area contributed by atoms with E-state index in [4.69, 9.17) is 4.74 Å². The Labute approximate surface area is 135 Å². The number of hydrogen-bond donors (Lipinski definition) is 1. The van der Waals surface area contributed by atoms with Gasteiger partial charge in [-0.1, -0.05) is 60.7 Å². The highest BCUT2D eigenvalue weighted by Gasteiger charge is 2.09. The predicted molar refractivity (Wildman–Crippen MR) is 97.7 cm³/mol. The van der Waals surface area contributed by atoms with Crippen molar-refractivity contribution < 1.29 is 4.74 Å². The number of methoxy groups -OCH3 is 1. The minimum Gasteiger partial charge on any atom is -0.495 e. The van der Waals surface area contributed by atoms with Crippen molar-refractivity contribution in [3.63, 3.8) is 0 Å². The molecule has 23 heavy (non-hydrogen) atoms. The Morgan fingerprint density at radius 2 is 1.26 bits per heavy atom. The summed E-state index contributed by atoms with van der Waals surface area (Å²) in [6, 6.07) is 27.1. The van der Waals surface area contributed by atoms with E-state index in [2.05, 4.69) is 59.9 Å². The van der Waals surface area contributed by atoms with Gasteiger partial charge in [0.05, 0.1) is 18.5 Å². The van der Waals surface area contributed by atoms with Gasteiger partial charge in [0.15, 0.2) is 0 Å². The van der Waals surface area contributed by atoms with Crippen LogP contribution in [0.5, 0.6) is 5.75 Å². The molecule has 2 heteroatoms. The second-order valence-corrected chi connectivity index (χ2v) is 5.52. The summed E-state index contributed by atoms with van der Waals surface area (Å²) in [6.07, 6.45) is 0. The van der Waals surface area contributed by atoms with E-state index >= 15 is 0 Å². The van der Waals surface area contributed by atoms with Crippen LogP contribution in [0.2, 0.25) is 0 Å². The normalized spacial score (nSPS) is 10.8. The van der Waals surface area contributed by atoms with Crippen LogP contribution in [0.1, 0.15) is 0 Å². The number of para-hydroxylation sites is 2. The molecule has 0 aromatic heterocycles. The molecule has 0 amide bonds. The highest BCUT2D eigenvalue weighted by atomic mass is 16.5. The van der Waals surface area contributed by atoms with Gasteiger partial charge in [0.2, 0.25) is 0 Å². The van der Waals surface area contributed by atoms with Crippen molar-refractivity contribution in [1.82, 2.24) is 0 Å². The van der Waals surface area contributed by atoms with Gasteiger partial charge in [-0.25, -0.2) is 0 Å². The molecule has 112 valence electrons. The highest BCUT2D eigenvalue weighted by Crippen LogP contribution is 2.36. The molecule has 0 aliphatic rings. The molecule has 0 saturated carbocycles. The maximum Gasteiger partial charge on any atom is 0.142 e. The summed E-state index contributed by atoms with van der Waals surface area (Å²) in [4.78, 5) is 0. The average Bonchev–Trinajstić information content (AvgIpc) is 2.62. The summed E-state index contributed by atoms with van der Waals surface area (Å²) >= 11 is 0. The van der Waals surface area contributed by atoms with Crippen molar-refractivity contribution in [3.05, 3.63) is 78.9 Å². The first-order valence-corrected chi connectivity index (χ1v) is 7.67. The maximum absolute atomic E-state index is 5.48. The van der Waals surface area contributed by atoms with E-state index in [1.54, 1.807) is 7.11 Å². The van der Waals surface area contributed by atoms with Crippen molar-refractivity contribution in [2.45, 2.75) is 0 Å². The Balaban J connectivity index is 1.99. The van der Waals surface area contributed by atoms with E-state index < -0.39 is 0 Å². The summed E-state index contributed by atoms with van der Waals surface area (Å²) in [5.41, 5.74) is 2.08. The fourth-order valence-electron chi connectivity index (χ4n) is 3.03. The van der Waals surface area contributed by atoms with Crippen LogP contribution in [0.3, 0.4) is 0 Å². The molecule has 0 unspecified atom stereocenters. The van der Waals surface area contributed by atoms with Crippen LogP contribution in [0.15, 0.2) is 78.9 Å². The molecule has 0 heterocycles. The number of ether oxygens (including phenoxy) is 1. The fraction of sp³-hybridized carbons (Fsp3) is 0.0476. The Hall–Kier alpha value is -3.00. The van der Waals surface area contributed by atoms with Crippen LogP contribution in [0.25, 0.3) is 21.5 Å². The number of anilines is 2. The predicted octanol–water partition coefficient (Wildman–Crippen LogP) is 5.75.